The van der Waals surface area contributed by atoms with E-state index in [-0.39, 0.29) is 62.0 Å². The van der Waals surface area contributed by atoms with E-state index < -0.39 is 65.1 Å². The number of fused-ring (bicyclic) bond motifs is 2. The number of rotatable bonds is 30. The Balaban J connectivity index is 1.48. The van der Waals surface area contributed by atoms with Crippen LogP contribution in [0.2, 0.25) is 0 Å². The lowest BCUT2D eigenvalue weighted by Crippen LogP contribution is -2.35. The lowest BCUT2D eigenvalue weighted by molar-refractivity contribution is -0.197. The molecule has 0 spiro atoms. The van der Waals surface area contributed by atoms with Gasteiger partial charge in [0, 0.05) is 67.8 Å². The van der Waals surface area contributed by atoms with Crippen molar-refractivity contribution >= 4 is 59.9 Å². The number of ether oxygens (including phenoxy) is 4. The number of carbonyl (C=O) groups is 3. The number of unbranched alkanes of at least 4 members (excludes halogenated alkanes) is 2. The topological polar surface area (TPSA) is 283 Å². The maximum Gasteiger partial charge on any atom is 0.333 e. The van der Waals surface area contributed by atoms with Crippen LogP contribution in [0.4, 0.5) is 5.69 Å². The number of imide groups is 1. The summed E-state index contributed by atoms with van der Waals surface area (Å²) in [4.78, 5) is 43.0. The molecular weight excluding hydrogens is 1030 g/mol. The van der Waals surface area contributed by atoms with Gasteiger partial charge in [0.15, 0.2) is 6.54 Å². The van der Waals surface area contributed by atoms with Gasteiger partial charge in [0.05, 0.1) is 62.1 Å². The van der Waals surface area contributed by atoms with Gasteiger partial charge in [-0.1, -0.05) is 33.3 Å². The molecule has 4 aliphatic rings. The number of carbonyl (C=O) groups excluding carboxylic acids is 3. The summed E-state index contributed by atoms with van der Waals surface area (Å²) < 4.78 is 132. The average molecular weight is 1100 g/mol. The van der Waals surface area contributed by atoms with Gasteiger partial charge in [-0.3, -0.25) is 23.2 Å². The molecule has 0 saturated carbocycles. The fourth-order valence-corrected chi connectivity index (χ4v) is 10.3. The second kappa shape index (κ2) is 26.7. The number of hydroxylamine groups is 2. The van der Waals surface area contributed by atoms with Gasteiger partial charge in [0.1, 0.15) is 24.7 Å². The third kappa shape index (κ3) is 17.9. The number of hydrogen-bond donors (Lipinski definition) is 3. The molecule has 1 aromatic carbocycles. The molecule has 24 heteroatoms. The van der Waals surface area contributed by atoms with Crippen molar-refractivity contribution in [3.05, 3.63) is 82.6 Å². The number of hydrogen-bond acceptors (Lipinski definition) is 16. The van der Waals surface area contributed by atoms with Gasteiger partial charge in [0.2, 0.25) is 5.36 Å². The van der Waals surface area contributed by atoms with E-state index in [2.05, 4.69) is 20.8 Å². The van der Waals surface area contributed by atoms with E-state index in [1.54, 1.807) is 25.3 Å². The summed E-state index contributed by atoms with van der Waals surface area (Å²) in [5, 5.41) is 1.21. The van der Waals surface area contributed by atoms with Gasteiger partial charge < -0.3 is 33.1 Å². The average Bonchev–Trinajstić information content (AvgIpc) is 3.74. The molecular formula is C50H70N3O18S3+. The molecule has 3 N–H and O–H groups in total. The lowest BCUT2D eigenvalue weighted by atomic mass is 9.77. The molecule has 1 saturated heterocycles. The highest BCUT2D eigenvalue weighted by atomic mass is 32.2. The smallest absolute Gasteiger partial charge is 0.333 e. The molecule has 410 valence electrons. The van der Waals surface area contributed by atoms with Crippen LogP contribution in [-0.4, -0.2) is 146 Å². The van der Waals surface area contributed by atoms with Crippen LogP contribution in [-0.2, 0) is 79.4 Å². The van der Waals surface area contributed by atoms with Crippen molar-refractivity contribution in [1.82, 2.24) is 9.64 Å². The Bertz CT molecular complexity index is 2870. The molecule has 3 aliphatic heterocycles. The largest absolute Gasteiger partial charge is 0.456 e. The van der Waals surface area contributed by atoms with E-state index in [4.69, 9.17) is 28.2 Å². The fourth-order valence-electron chi connectivity index (χ4n) is 8.82. The zero-order valence-electron chi connectivity index (χ0n) is 42.7. The second-order valence-corrected chi connectivity index (χ2v) is 23.8. The SMILES string of the molecule is COCCOCCOCCOCC[N+](CCCS(=O)(=O)O)=c1ccc2c(C(C)(C)C)cc(/C=C/C=C3/N(CCCCCC(=O)ON4C(=O)CCC4=O)c4ccc(S(=O)(=O)O)cc4C3(C)CCCS(=O)(=O)O)oc-2c1. The highest BCUT2D eigenvalue weighted by molar-refractivity contribution is 7.86. The van der Waals surface area contributed by atoms with Crippen molar-refractivity contribution in [2.45, 2.75) is 101 Å². The maximum absolute atomic E-state index is 12.5. The summed E-state index contributed by atoms with van der Waals surface area (Å²) in [6.07, 6.45) is 6.79. The molecule has 1 fully saturated rings. The second-order valence-electron chi connectivity index (χ2n) is 19.2. The first kappa shape index (κ1) is 60.0. The Kier molecular flexibility index (Phi) is 21.7. The van der Waals surface area contributed by atoms with Crippen molar-refractivity contribution in [2.24, 2.45) is 0 Å². The quantitative estimate of drug-likeness (QED) is 0.0335. The Hall–Kier alpha value is -4.89. The highest BCUT2D eigenvalue weighted by Crippen LogP contribution is 2.51. The Morgan fingerprint density at radius 2 is 1.42 bits per heavy atom. The van der Waals surface area contributed by atoms with Gasteiger partial charge in [-0.2, -0.15) is 25.3 Å². The monoisotopic (exact) mass is 1100 g/mol. The molecule has 1 unspecified atom stereocenters. The van der Waals surface area contributed by atoms with Crippen LogP contribution in [0.1, 0.15) is 102 Å². The molecule has 1 aliphatic carbocycles. The number of methoxy groups -OCH3 is 1. The Morgan fingerprint density at radius 1 is 0.784 bits per heavy atom. The molecule has 1 aromatic rings. The van der Waals surface area contributed by atoms with E-state index in [1.165, 1.54) is 12.1 Å². The van der Waals surface area contributed by atoms with Gasteiger partial charge in [0.25, 0.3) is 42.2 Å². The Labute approximate surface area is 433 Å². The number of allylic oxidation sites excluding steroid dienone is 3. The van der Waals surface area contributed by atoms with Gasteiger partial charge in [-0.25, -0.2) is 9.37 Å². The summed E-state index contributed by atoms with van der Waals surface area (Å²) in [5.74, 6) is -1.92. The Morgan fingerprint density at radius 3 is 2.04 bits per heavy atom. The van der Waals surface area contributed by atoms with Crippen molar-refractivity contribution in [2.75, 3.05) is 89.4 Å². The molecule has 0 aromatic heterocycles. The van der Waals surface area contributed by atoms with Crippen LogP contribution in [0.15, 0.2) is 69.6 Å². The maximum atomic E-state index is 12.5. The molecule has 0 bridgehead atoms. The van der Waals surface area contributed by atoms with E-state index in [0.29, 0.717) is 111 Å². The van der Waals surface area contributed by atoms with Crippen molar-refractivity contribution < 1.29 is 81.5 Å². The zero-order valence-corrected chi connectivity index (χ0v) is 45.1. The van der Waals surface area contributed by atoms with E-state index >= 15 is 0 Å². The van der Waals surface area contributed by atoms with E-state index in [0.717, 1.165) is 11.1 Å². The van der Waals surface area contributed by atoms with Crippen LogP contribution in [0.25, 0.3) is 17.4 Å². The van der Waals surface area contributed by atoms with Crippen molar-refractivity contribution in [1.29, 1.82) is 0 Å². The van der Waals surface area contributed by atoms with Crippen molar-refractivity contribution in [3.63, 3.8) is 0 Å². The van der Waals surface area contributed by atoms with Crippen LogP contribution in [0.5, 0.6) is 0 Å². The first-order chi connectivity index (χ1) is 34.8. The minimum absolute atomic E-state index is 0.0135. The molecule has 0 radical (unpaired) electrons. The number of anilines is 1. The number of nitrogens with zero attached hydrogens (tertiary/aromatic N) is 3. The normalized spacial score (nSPS) is 17.6. The first-order valence-corrected chi connectivity index (χ1v) is 29.1. The third-order valence-corrected chi connectivity index (χ3v) is 15.0. The predicted octanol–water partition coefficient (Wildman–Crippen LogP) is 5.19. The molecule has 5 rings (SSSR count). The standard InChI is InChI=1S/C50H69N3O18S3/c1-49(2,3)41-35-38(70-44-34-37(15-17-40(41)44)51(22-11-33-73(60,61)62)24-25-67-28-29-69-31-30-68-27-26-66-5)12-9-13-45-50(4,21-10-32-72(57,58)59)42-36-39(74(63,64)65)16-18-43(42)52(45)23-8-6-7-14-48(56)71-53-46(54)19-20-47(53)55/h9,12-13,15-18,34-36H,6-8,10-11,14,19-33H2,1-5H3,(H2-,57,58,59,60,61,62,63,64,65)/p+1. The molecule has 74 heavy (non-hydrogen) atoms. The summed E-state index contributed by atoms with van der Waals surface area (Å²) in [6.45, 7) is 11.7. The predicted molar refractivity (Wildman–Crippen MR) is 274 cm³/mol. The summed E-state index contributed by atoms with van der Waals surface area (Å²) >= 11 is 0. The lowest BCUT2D eigenvalue weighted by Gasteiger charge is -2.30. The summed E-state index contributed by atoms with van der Waals surface area (Å²) in [7, 11) is -11.7. The summed E-state index contributed by atoms with van der Waals surface area (Å²) in [6, 6.07) is 11.8. The van der Waals surface area contributed by atoms with Gasteiger partial charge in [-0.15, -0.1) is 5.06 Å². The highest BCUT2D eigenvalue weighted by Gasteiger charge is 2.44. The number of amides is 2. The molecule has 2 amide bonds. The van der Waals surface area contributed by atoms with Gasteiger partial charge in [-0.05, 0) is 91.6 Å². The van der Waals surface area contributed by atoms with Gasteiger partial charge >= 0.3 is 5.97 Å². The van der Waals surface area contributed by atoms with Crippen LogP contribution in [0, 0.1) is 0 Å². The fraction of sp³-hybridized carbons (Fsp3) is 0.560. The van der Waals surface area contributed by atoms with E-state index in [9.17, 15) is 53.3 Å². The molecule has 1 atom stereocenters. The third-order valence-electron chi connectivity index (χ3n) is 12.5. The van der Waals surface area contributed by atoms with Crippen LogP contribution >= 0.6 is 0 Å². The number of benzene rings is 2. The van der Waals surface area contributed by atoms with Crippen LogP contribution in [0.3, 0.4) is 0 Å². The van der Waals surface area contributed by atoms with Crippen LogP contribution < -0.4 is 14.8 Å². The summed E-state index contributed by atoms with van der Waals surface area (Å²) in [5.41, 5.74) is 2.06. The van der Waals surface area contributed by atoms with Crippen molar-refractivity contribution in [3.8, 4) is 11.3 Å². The minimum Gasteiger partial charge on any atom is -0.456 e. The zero-order chi connectivity index (χ0) is 54.3. The molecule has 3 heterocycles. The first-order valence-electron chi connectivity index (χ1n) is 24.4. The van der Waals surface area contributed by atoms with E-state index in [1.807, 2.05) is 46.7 Å². The minimum atomic E-state index is -4.67. The molecule has 21 nitrogen and oxygen atoms in total.